The molecule has 1 aliphatic heterocycles. The summed E-state index contributed by atoms with van der Waals surface area (Å²) in [5, 5.41) is 9.76. The standard InChI is InChI=1S/C19H37N5O.HI/c1-5-21-17(25)19(2,3)14-22-18(20-4)23-15-10-12-24(13-11-15)16-8-6-7-9-16;/h15-16H,5-14H2,1-4H3,(H,21,25)(H2,20,22,23);1H. The van der Waals surface area contributed by atoms with Crippen molar-refractivity contribution in [2.45, 2.75) is 71.4 Å². The summed E-state index contributed by atoms with van der Waals surface area (Å²) in [5.74, 6) is 0.875. The van der Waals surface area contributed by atoms with Crippen molar-refractivity contribution in [2.24, 2.45) is 10.4 Å². The molecule has 1 heterocycles. The van der Waals surface area contributed by atoms with Crippen molar-refractivity contribution in [3.8, 4) is 0 Å². The molecule has 152 valence electrons. The largest absolute Gasteiger partial charge is 0.356 e. The monoisotopic (exact) mass is 479 g/mol. The van der Waals surface area contributed by atoms with E-state index in [1.54, 1.807) is 7.05 Å². The second kappa shape index (κ2) is 11.3. The van der Waals surface area contributed by atoms with Crippen LogP contribution in [0, 0.1) is 5.41 Å². The molecule has 1 amide bonds. The molecule has 3 N–H and O–H groups in total. The van der Waals surface area contributed by atoms with Gasteiger partial charge in [-0.3, -0.25) is 9.79 Å². The first-order valence-electron chi connectivity index (χ1n) is 9.96. The van der Waals surface area contributed by atoms with E-state index in [-0.39, 0.29) is 29.9 Å². The van der Waals surface area contributed by atoms with E-state index in [2.05, 4.69) is 25.8 Å². The van der Waals surface area contributed by atoms with E-state index in [1.165, 1.54) is 38.8 Å². The molecule has 0 aromatic rings. The van der Waals surface area contributed by atoms with Gasteiger partial charge in [0.1, 0.15) is 0 Å². The Labute approximate surface area is 176 Å². The van der Waals surface area contributed by atoms with Crippen LogP contribution in [-0.4, -0.2) is 62.1 Å². The first-order chi connectivity index (χ1) is 12.0. The second-order valence-electron chi connectivity index (χ2n) is 8.06. The summed E-state index contributed by atoms with van der Waals surface area (Å²) in [4.78, 5) is 19.1. The van der Waals surface area contributed by atoms with E-state index in [0.29, 0.717) is 19.1 Å². The van der Waals surface area contributed by atoms with Gasteiger partial charge in [0.05, 0.1) is 5.41 Å². The number of amides is 1. The van der Waals surface area contributed by atoms with Crippen LogP contribution in [0.25, 0.3) is 0 Å². The topological polar surface area (TPSA) is 68.8 Å². The summed E-state index contributed by atoms with van der Waals surface area (Å²) in [5.41, 5.74) is -0.459. The quantitative estimate of drug-likeness (QED) is 0.311. The molecule has 1 aliphatic carbocycles. The minimum atomic E-state index is -0.459. The maximum atomic E-state index is 12.1. The van der Waals surface area contributed by atoms with Crippen molar-refractivity contribution in [2.75, 3.05) is 33.2 Å². The molecule has 0 atom stereocenters. The third kappa shape index (κ3) is 6.87. The van der Waals surface area contributed by atoms with Gasteiger partial charge in [0.2, 0.25) is 5.91 Å². The normalized spacial score (nSPS) is 20.5. The molecule has 0 unspecified atom stereocenters. The first-order valence-corrected chi connectivity index (χ1v) is 9.96. The van der Waals surface area contributed by atoms with E-state index < -0.39 is 5.41 Å². The molecule has 0 radical (unpaired) electrons. The number of likely N-dealkylation sites (tertiary alicyclic amines) is 1. The fourth-order valence-corrected chi connectivity index (χ4v) is 3.85. The van der Waals surface area contributed by atoms with Crippen LogP contribution < -0.4 is 16.0 Å². The molecule has 7 heteroatoms. The Hall–Kier alpha value is -0.570. The SMILES string of the molecule is CCNC(=O)C(C)(C)CNC(=NC)NC1CCN(C2CCCC2)CC1.I. The summed E-state index contributed by atoms with van der Waals surface area (Å²) < 4.78 is 0. The molecule has 26 heavy (non-hydrogen) atoms. The van der Waals surface area contributed by atoms with Gasteiger partial charge < -0.3 is 20.9 Å². The molecule has 2 fully saturated rings. The van der Waals surface area contributed by atoms with Crippen LogP contribution in [0.1, 0.15) is 59.3 Å². The van der Waals surface area contributed by atoms with E-state index in [9.17, 15) is 4.79 Å². The Balaban J connectivity index is 0.00000338. The number of nitrogens with zero attached hydrogens (tertiary/aromatic N) is 2. The number of carbonyl (C=O) groups excluding carboxylic acids is 1. The number of hydrogen-bond donors (Lipinski definition) is 3. The predicted octanol–water partition coefficient (Wildman–Crippen LogP) is 2.34. The van der Waals surface area contributed by atoms with Crippen LogP contribution in [0.5, 0.6) is 0 Å². The average Bonchev–Trinajstić information content (AvgIpc) is 3.14. The second-order valence-corrected chi connectivity index (χ2v) is 8.06. The molecule has 2 aliphatic rings. The minimum Gasteiger partial charge on any atom is -0.356 e. The maximum Gasteiger partial charge on any atom is 0.227 e. The lowest BCUT2D eigenvalue weighted by molar-refractivity contribution is -0.128. The average molecular weight is 479 g/mol. The fourth-order valence-electron chi connectivity index (χ4n) is 3.85. The number of aliphatic imine (C=N–C) groups is 1. The van der Waals surface area contributed by atoms with E-state index in [0.717, 1.165) is 24.8 Å². The number of rotatable bonds is 6. The van der Waals surface area contributed by atoms with Crippen molar-refractivity contribution < 1.29 is 4.79 Å². The molecule has 6 nitrogen and oxygen atoms in total. The number of nitrogens with one attached hydrogen (secondary N) is 3. The molecular formula is C19H38IN5O. The fraction of sp³-hybridized carbons (Fsp3) is 0.895. The van der Waals surface area contributed by atoms with Crippen LogP contribution in [0.4, 0.5) is 0 Å². The number of guanidine groups is 1. The van der Waals surface area contributed by atoms with Gasteiger partial charge in [0, 0.05) is 45.3 Å². The van der Waals surface area contributed by atoms with Gasteiger partial charge in [-0.25, -0.2) is 0 Å². The third-order valence-corrected chi connectivity index (χ3v) is 5.58. The van der Waals surface area contributed by atoms with Gasteiger partial charge in [-0.1, -0.05) is 12.8 Å². The summed E-state index contributed by atoms with van der Waals surface area (Å²) in [7, 11) is 1.79. The van der Waals surface area contributed by atoms with Crippen LogP contribution in [0.3, 0.4) is 0 Å². The minimum absolute atomic E-state index is 0. The Morgan fingerprint density at radius 2 is 1.73 bits per heavy atom. The highest BCUT2D eigenvalue weighted by Crippen LogP contribution is 2.26. The van der Waals surface area contributed by atoms with Crippen LogP contribution in [-0.2, 0) is 4.79 Å². The summed E-state index contributed by atoms with van der Waals surface area (Å²) in [6.07, 6.45) is 7.90. The number of hydrogen-bond acceptors (Lipinski definition) is 3. The molecule has 0 spiro atoms. The number of piperidine rings is 1. The molecule has 0 aromatic carbocycles. The zero-order chi connectivity index (χ0) is 18.3. The highest BCUT2D eigenvalue weighted by molar-refractivity contribution is 14.0. The molecule has 1 saturated heterocycles. The third-order valence-electron chi connectivity index (χ3n) is 5.58. The van der Waals surface area contributed by atoms with Gasteiger partial charge in [-0.05, 0) is 46.5 Å². The van der Waals surface area contributed by atoms with Crippen molar-refractivity contribution in [1.29, 1.82) is 0 Å². The Kier molecular flexibility index (Phi) is 10.2. The molecule has 1 saturated carbocycles. The van der Waals surface area contributed by atoms with Crippen LogP contribution in [0.2, 0.25) is 0 Å². The van der Waals surface area contributed by atoms with Gasteiger partial charge in [0.25, 0.3) is 0 Å². The predicted molar refractivity (Wildman–Crippen MR) is 119 cm³/mol. The lowest BCUT2D eigenvalue weighted by atomic mass is 9.92. The van der Waals surface area contributed by atoms with Gasteiger partial charge in [0.15, 0.2) is 5.96 Å². The highest BCUT2D eigenvalue weighted by atomic mass is 127. The molecular weight excluding hydrogens is 441 g/mol. The zero-order valence-corrected chi connectivity index (χ0v) is 19.3. The first kappa shape index (κ1) is 23.5. The van der Waals surface area contributed by atoms with E-state index in [1.807, 2.05) is 20.8 Å². The number of carbonyl (C=O) groups is 1. The van der Waals surface area contributed by atoms with Crippen molar-refractivity contribution >= 4 is 35.8 Å². The lowest BCUT2D eigenvalue weighted by Gasteiger charge is -2.37. The summed E-state index contributed by atoms with van der Waals surface area (Å²) in [6, 6.07) is 1.30. The summed E-state index contributed by atoms with van der Waals surface area (Å²) >= 11 is 0. The smallest absolute Gasteiger partial charge is 0.227 e. The number of halogens is 1. The van der Waals surface area contributed by atoms with Crippen LogP contribution in [0.15, 0.2) is 4.99 Å². The Morgan fingerprint density at radius 3 is 2.27 bits per heavy atom. The van der Waals surface area contributed by atoms with Gasteiger partial charge in [-0.15, -0.1) is 24.0 Å². The zero-order valence-electron chi connectivity index (χ0n) is 16.9. The molecule has 0 bridgehead atoms. The van der Waals surface area contributed by atoms with Gasteiger partial charge in [-0.2, -0.15) is 0 Å². The van der Waals surface area contributed by atoms with E-state index in [4.69, 9.17) is 0 Å². The van der Waals surface area contributed by atoms with E-state index >= 15 is 0 Å². The Bertz CT molecular complexity index is 455. The van der Waals surface area contributed by atoms with Crippen molar-refractivity contribution in [3.05, 3.63) is 0 Å². The maximum absolute atomic E-state index is 12.1. The Morgan fingerprint density at radius 1 is 1.12 bits per heavy atom. The van der Waals surface area contributed by atoms with Crippen molar-refractivity contribution in [1.82, 2.24) is 20.9 Å². The van der Waals surface area contributed by atoms with Crippen molar-refractivity contribution in [3.63, 3.8) is 0 Å². The lowest BCUT2D eigenvalue weighted by Crippen LogP contribution is -2.52. The van der Waals surface area contributed by atoms with Crippen LogP contribution >= 0.6 is 24.0 Å². The summed E-state index contributed by atoms with van der Waals surface area (Å²) in [6.45, 7) is 9.46. The highest BCUT2D eigenvalue weighted by Gasteiger charge is 2.29. The molecule has 0 aromatic heterocycles. The molecule has 2 rings (SSSR count). The van der Waals surface area contributed by atoms with Gasteiger partial charge >= 0.3 is 0 Å².